The highest BCUT2D eigenvalue weighted by molar-refractivity contribution is 14.0. The van der Waals surface area contributed by atoms with Crippen LogP contribution in [-0.2, 0) is 11.3 Å². The van der Waals surface area contributed by atoms with E-state index in [1.54, 1.807) is 30.3 Å². The zero-order chi connectivity index (χ0) is 18.9. The van der Waals surface area contributed by atoms with Crippen molar-refractivity contribution in [3.63, 3.8) is 0 Å². The van der Waals surface area contributed by atoms with E-state index in [0.717, 1.165) is 17.2 Å². The van der Waals surface area contributed by atoms with Gasteiger partial charge in [0.1, 0.15) is 11.6 Å². The summed E-state index contributed by atoms with van der Waals surface area (Å²) in [4.78, 5) is 22.5. The van der Waals surface area contributed by atoms with Gasteiger partial charge in [0, 0.05) is 26.0 Å². The normalized spacial score (nSPS) is 15.4. The van der Waals surface area contributed by atoms with Gasteiger partial charge in [-0.15, -0.1) is 35.3 Å². The molecule has 154 valence electrons. The van der Waals surface area contributed by atoms with E-state index >= 15 is 0 Å². The molecule has 0 aliphatic heterocycles. The molecule has 0 saturated heterocycles. The molecule has 2 N–H and O–H groups in total. The van der Waals surface area contributed by atoms with Gasteiger partial charge in [0.25, 0.3) is 0 Å². The average Bonchev–Trinajstić information content (AvgIpc) is 3.11. The number of nitrogens with zero attached hydrogens (tertiary/aromatic N) is 3. The number of rotatable bonds is 7. The largest absolute Gasteiger partial charge is 0.356 e. The van der Waals surface area contributed by atoms with Crippen molar-refractivity contribution in [1.82, 2.24) is 20.5 Å². The van der Waals surface area contributed by atoms with Gasteiger partial charge in [-0.25, -0.2) is 9.98 Å². The first-order valence-electron chi connectivity index (χ1n) is 9.62. The highest BCUT2D eigenvalue weighted by Gasteiger charge is 2.14. The average molecular weight is 507 g/mol. The molecule has 1 aliphatic rings. The van der Waals surface area contributed by atoms with Gasteiger partial charge in [0.05, 0.1) is 12.2 Å². The van der Waals surface area contributed by atoms with Crippen LogP contribution < -0.4 is 10.6 Å². The van der Waals surface area contributed by atoms with Crippen molar-refractivity contribution in [3.05, 3.63) is 16.1 Å². The van der Waals surface area contributed by atoms with Crippen LogP contribution in [0.5, 0.6) is 0 Å². The number of amides is 1. The Balaban J connectivity index is 0.00000364. The Morgan fingerprint density at radius 1 is 1.30 bits per heavy atom. The summed E-state index contributed by atoms with van der Waals surface area (Å²) in [7, 11) is 3.51. The lowest BCUT2D eigenvalue weighted by Gasteiger charge is -2.23. The molecule has 1 heterocycles. The first-order chi connectivity index (χ1) is 12.5. The monoisotopic (exact) mass is 507 g/mol. The molecule has 0 spiro atoms. The summed E-state index contributed by atoms with van der Waals surface area (Å²) in [5.74, 6) is 1.84. The van der Waals surface area contributed by atoms with E-state index in [0.29, 0.717) is 24.3 Å². The maximum Gasteiger partial charge on any atom is 0.243 e. The molecule has 0 atom stereocenters. The molecule has 6 nitrogen and oxygen atoms in total. The summed E-state index contributed by atoms with van der Waals surface area (Å²) >= 11 is 1.66. The quantitative estimate of drug-likeness (QED) is 0.336. The third-order valence-electron chi connectivity index (χ3n) is 4.72. The standard InChI is InChI=1S/C19H33N5OS.HI/c1-14(2)16-13-26-17(23-16)11-21-19(22-12-18(25)24(3)4)20-10-15-8-6-5-7-9-15;/h13-15H,5-12H2,1-4H3,(H2,20,21,22);1H. The lowest BCUT2D eigenvalue weighted by molar-refractivity contribution is -0.127. The van der Waals surface area contributed by atoms with Crippen molar-refractivity contribution < 1.29 is 4.79 Å². The van der Waals surface area contributed by atoms with Gasteiger partial charge in [0.2, 0.25) is 5.91 Å². The molecular formula is C19H34IN5OS. The van der Waals surface area contributed by atoms with Gasteiger partial charge >= 0.3 is 0 Å². The van der Waals surface area contributed by atoms with Gasteiger partial charge in [0.15, 0.2) is 5.96 Å². The van der Waals surface area contributed by atoms with E-state index in [1.807, 2.05) is 0 Å². The second-order valence-electron chi connectivity index (χ2n) is 7.51. The van der Waals surface area contributed by atoms with Gasteiger partial charge < -0.3 is 15.5 Å². The topological polar surface area (TPSA) is 69.6 Å². The number of aliphatic imine (C=N–C) groups is 1. The number of likely N-dealkylation sites (N-methyl/N-ethyl adjacent to an activating group) is 1. The molecule has 1 aromatic rings. The van der Waals surface area contributed by atoms with Gasteiger partial charge in [-0.2, -0.15) is 0 Å². The lowest BCUT2D eigenvalue weighted by atomic mass is 9.89. The van der Waals surface area contributed by atoms with Crippen LogP contribution in [0.1, 0.15) is 62.6 Å². The molecular weight excluding hydrogens is 473 g/mol. The molecule has 0 aromatic carbocycles. The fourth-order valence-corrected chi connectivity index (χ4v) is 3.82. The highest BCUT2D eigenvalue weighted by atomic mass is 127. The Hall–Kier alpha value is -0.900. The number of carbonyl (C=O) groups excluding carboxylic acids is 1. The van der Waals surface area contributed by atoms with Crippen molar-refractivity contribution in [2.24, 2.45) is 10.9 Å². The summed E-state index contributed by atoms with van der Waals surface area (Å²) in [6, 6.07) is 0. The molecule has 8 heteroatoms. The van der Waals surface area contributed by atoms with Crippen LogP contribution in [0.3, 0.4) is 0 Å². The fraction of sp³-hybridized carbons (Fsp3) is 0.737. The number of guanidine groups is 1. The van der Waals surface area contributed by atoms with Crippen LogP contribution in [-0.4, -0.2) is 48.9 Å². The first-order valence-corrected chi connectivity index (χ1v) is 10.5. The van der Waals surface area contributed by atoms with E-state index in [1.165, 1.54) is 32.1 Å². The van der Waals surface area contributed by atoms with Crippen molar-refractivity contribution in [3.8, 4) is 0 Å². The van der Waals surface area contributed by atoms with Crippen molar-refractivity contribution >= 4 is 47.2 Å². The zero-order valence-electron chi connectivity index (χ0n) is 17.0. The number of hydrogen-bond donors (Lipinski definition) is 2. The molecule has 0 bridgehead atoms. The predicted octanol–water partition coefficient (Wildman–Crippen LogP) is 3.59. The van der Waals surface area contributed by atoms with Crippen molar-refractivity contribution in [1.29, 1.82) is 0 Å². The number of aromatic nitrogens is 1. The van der Waals surface area contributed by atoms with Crippen molar-refractivity contribution in [2.45, 2.75) is 58.4 Å². The Morgan fingerprint density at radius 2 is 2.00 bits per heavy atom. The summed E-state index contributed by atoms with van der Waals surface area (Å²) in [6.45, 7) is 6.00. The third-order valence-corrected chi connectivity index (χ3v) is 5.59. The molecule has 2 rings (SSSR count). The minimum absolute atomic E-state index is 0. The van der Waals surface area contributed by atoms with Gasteiger partial charge in [-0.05, 0) is 24.7 Å². The van der Waals surface area contributed by atoms with Crippen LogP contribution in [0.25, 0.3) is 0 Å². The van der Waals surface area contributed by atoms with Crippen LogP contribution in [0.4, 0.5) is 0 Å². The Morgan fingerprint density at radius 3 is 2.59 bits per heavy atom. The number of thiazole rings is 1. The zero-order valence-corrected chi connectivity index (χ0v) is 20.1. The second kappa shape index (κ2) is 12.5. The smallest absolute Gasteiger partial charge is 0.243 e. The molecule has 0 radical (unpaired) electrons. The molecule has 1 aromatic heterocycles. The van der Waals surface area contributed by atoms with E-state index in [-0.39, 0.29) is 36.4 Å². The number of hydrogen-bond acceptors (Lipinski definition) is 4. The summed E-state index contributed by atoms with van der Waals surface area (Å²) < 4.78 is 0. The lowest BCUT2D eigenvalue weighted by Crippen LogP contribution is -2.40. The molecule has 1 amide bonds. The molecule has 1 saturated carbocycles. The predicted molar refractivity (Wildman–Crippen MR) is 124 cm³/mol. The maximum absolute atomic E-state index is 11.9. The minimum Gasteiger partial charge on any atom is -0.356 e. The van der Waals surface area contributed by atoms with Crippen LogP contribution in [0.2, 0.25) is 0 Å². The summed E-state index contributed by atoms with van der Waals surface area (Å²) in [6.07, 6.45) is 6.56. The summed E-state index contributed by atoms with van der Waals surface area (Å²) in [5.41, 5.74) is 1.13. The molecule has 27 heavy (non-hydrogen) atoms. The maximum atomic E-state index is 11.9. The van der Waals surface area contributed by atoms with Crippen LogP contribution >= 0.6 is 35.3 Å². The van der Waals surface area contributed by atoms with E-state index in [9.17, 15) is 4.79 Å². The third kappa shape index (κ3) is 8.76. The van der Waals surface area contributed by atoms with E-state index in [4.69, 9.17) is 0 Å². The van der Waals surface area contributed by atoms with Gasteiger partial charge in [-0.3, -0.25) is 4.79 Å². The Bertz CT molecular complexity index is 597. The Labute approximate surface area is 184 Å². The Kier molecular flexibility index (Phi) is 11.2. The SMILES string of the molecule is CC(C)c1csc(CNC(=NCC(=O)N(C)C)NCC2CCCCC2)n1.I. The van der Waals surface area contributed by atoms with E-state index < -0.39 is 0 Å². The number of halogens is 1. The first kappa shape index (κ1) is 24.1. The molecule has 0 unspecified atom stereocenters. The summed E-state index contributed by atoms with van der Waals surface area (Å²) in [5, 5.41) is 9.92. The molecule has 1 fully saturated rings. The highest BCUT2D eigenvalue weighted by Crippen LogP contribution is 2.22. The second-order valence-corrected chi connectivity index (χ2v) is 8.45. The fourth-order valence-electron chi connectivity index (χ4n) is 2.93. The van der Waals surface area contributed by atoms with Gasteiger partial charge in [-0.1, -0.05) is 33.1 Å². The molecule has 1 aliphatic carbocycles. The number of carbonyl (C=O) groups is 1. The van der Waals surface area contributed by atoms with E-state index in [2.05, 4.69) is 39.8 Å². The van der Waals surface area contributed by atoms with Crippen molar-refractivity contribution in [2.75, 3.05) is 27.2 Å². The minimum atomic E-state index is 0. The van der Waals surface area contributed by atoms with Crippen LogP contribution in [0, 0.1) is 5.92 Å². The van der Waals surface area contributed by atoms with Crippen LogP contribution in [0.15, 0.2) is 10.4 Å². The number of nitrogens with one attached hydrogen (secondary N) is 2.